The molecule has 0 aliphatic heterocycles. The zero-order valence-corrected chi connectivity index (χ0v) is 20.5. The second-order valence-electron chi connectivity index (χ2n) is 9.00. The molecule has 1 aliphatic carbocycles. The van der Waals surface area contributed by atoms with Crippen LogP contribution < -0.4 is 11.1 Å². The molecule has 10 heteroatoms. The summed E-state index contributed by atoms with van der Waals surface area (Å²) in [6.07, 6.45) is 6.75. The Morgan fingerprint density at radius 3 is 2.43 bits per heavy atom. The largest absolute Gasteiger partial charge is 0.386 e. The van der Waals surface area contributed by atoms with Gasteiger partial charge in [-0.2, -0.15) is 15.0 Å². The Balaban J connectivity index is 1.67. The molecule has 0 amide bonds. The normalized spacial score (nSPS) is 14.3. The van der Waals surface area contributed by atoms with Gasteiger partial charge in [0.25, 0.3) is 0 Å². The lowest BCUT2D eigenvalue weighted by Gasteiger charge is -2.19. The summed E-state index contributed by atoms with van der Waals surface area (Å²) in [7, 11) is 0. The van der Waals surface area contributed by atoms with Gasteiger partial charge >= 0.3 is 0 Å². The first-order chi connectivity index (χ1) is 16.6. The van der Waals surface area contributed by atoms with E-state index in [0.717, 1.165) is 41.2 Å². The van der Waals surface area contributed by atoms with Gasteiger partial charge in [0.15, 0.2) is 5.78 Å². The fourth-order valence-electron chi connectivity index (χ4n) is 3.95. The number of halogens is 2. The number of anilines is 1. The third-order valence-electron chi connectivity index (χ3n) is 5.93. The smallest absolute Gasteiger partial charge is 0.179 e. The number of nitrogens with zero attached hydrogens (tertiary/aromatic N) is 3. The molecule has 4 rings (SSSR count). The van der Waals surface area contributed by atoms with Crippen LogP contribution in [-0.2, 0) is 12.1 Å². The average Bonchev–Trinajstić information content (AvgIpc) is 3.44. The van der Waals surface area contributed by atoms with Crippen LogP contribution >= 0.6 is 11.3 Å². The fraction of sp³-hybridized carbons (Fsp3) is 0.320. The van der Waals surface area contributed by atoms with E-state index in [9.17, 15) is 18.7 Å². The fourth-order valence-corrected chi connectivity index (χ4v) is 5.11. The van der Waals surface area contributed by atoms with Gasteiger partial charge in [0.1, 0.15) is 16.6 Å². The van der Waals surface area contributed by atoms with E-state index in [2.05, 4.69) is 15.5 Å². The van der Waals surface area contributed by atoms with Gasteiger partial charge in [-0.3, -0.25) is 4.79 Å². The molecule has 0 bridgehead atoms. The van der Waals surface area contributed by atoms with E-state index >= 15 is 0 Å². The van der Waals surface area contributed by atoms with Crippen molar-refractivity contribution in [2.45, 2.75) is 45.8 Å². The zero-order valence-electron chi connectivity index (χ0n) is 19.7. The molecule has 2 heterocycles. The van der Waals surface area contributed by atoms with Crippen molar-refractivity contribution >= 4 is 22.1 Å². The van der Waals surface area contributed by atoms with Crippen molar-refractivity contribution in [3.05, 3.63) is 76.3 Å². The summed E-state index contributed by atoms with van der Waals surface area (Å²) >= 11 is 1.09. The third kappa shape index (κ3) is 5.39. The first kappa shape index (κ1) is 24.9. The number of Topliss-reactive ketones (excluding diaryl/α,β-unsaturated/α-hetero) is 1. The highest BCUT2D eigenvalue weighted by Crippen LogP contribution is 2.40. The number of ketones is 1. The van der Waals surface area contributed by atoms with Crippen molar-refractivity contribution in [1.82, 2.24) is 15.0 Å². The summed E-state index contributed by atoms with van der Waals surface area (Å²) in [5, 5.41) is 22.2. The molecule has 0 spiro atoms. The quantitative estimate of drug-likeness (QED) is 0.386. The topological polar surface area (TPSA) is 106 Å². The molecule has 3 aromatic rings. The van der Waals surface area contributed by atoms with E-state index in [1.165, 1.54) is 25.5 Å². The van der Waals surface area contributed by atoms with Gasteiger partial charge in [-0.05, 0) is 74.6 Å². The van der Waals surface area contributed by atoms with Crippen LogP contribution in [0.15, 0.2) is 53.5 Å². The van der Waals surface area contributed by atoms with Crippen molar-refractivity contribution in [2.24, 2.45) is 5.73 Å². The number of nitrogens with two attached hydrogens (primary N) is 1. The molecule has 184 valence electrons. The van der Waals surface area contributed by atoms with Crippen LogP contribution in [0.4, 0.5) is 13.8 Å². The molecule has 7 nitrogen and oxygen atoms in total. The Hall–Kier alpha value is -3.21. The molecule has 35 heavy (non-hydrogen) atoms. The van der Waals surface area contributed by atoms with E-state index < -0.39 is 17.2 Å². The van der Waals surface area contributed by atoms with Gasteiger partial charge in [0.2, 0.25) is 0 Å². The first-order valence-corrected chi connectivity index (χ1v) is 12.0. The highest BCUT2D eigenvalue weighted by atomic mass is 32.1. The maximum Gasteiger partial charge on any atom is 0.179 e. The van der Waals surface area contributed by atoms with Crippen LogP contribution in [0.3, 0.4) is 0 Å². The Kier molecular flexibility index (Phi) is 6.98. The second-order valence-corrected chi connectivity index (χ2v) is 10.0. The minimum absolute atomic E-state index is 0.125. The van der Waals surface area contributed by atoms with E-state index in [-0.39, 0.29) is 33.9 Å². The molecule has 0 radical (unpaired) electrons. The maximum absolute atomic E-state index is 15.0. The number of aliphatic hydroxyl groups is 1. The summed E-state index contributed by atoms with van der Waals surface area (Å²) in [4.78, 5) is 14.4. The van der Waals surface area contributed by atoms with E-state index in [1.54, 1.807) is 17.2 Å². The molecule has 0 saturated heterocycles. The molecule has 2 aromatic heterocycles. The number of carbonyl (C=O) groups excluding carboxylic acids is 1. The summed E-state index contributed by atoms with van der Waals surface area (Å²) in [6.45, 7) is 5.28. The minimum Gasteiger partial charge on any atom is -0.386 e. The van der Waals surface area contributed by atoms with Crippen LogP contribution in [0.2, 0.25) is 0 Å². The van der Waals surface area contributed by atoms with Crippen molar-refractivity contribution in [1.29, 1.82) is 0 Å². The lowest BCUT2D eigenvalue weighted by molar-refractivity contribution is 0.0778. The molecule has 1 aromatic carbocycles. The molecule has 4 N–H and O–H groups in total. The lowest BCUT2D eigenvalue weighted by Crippen LogP contribution is -2.16. The molecular weight excluding hydrogens is 472 g/mol. The Labute approximate surface area is 206 Å². The number of carbonyl (C=O) groups is 1. The highest BCUT2D eigenvalue weighted by molar-refractivity contribution is 7.19. The van der Waals surface area contributed by atoms with Crippen LogP contribution in [0.25, 0.3) is 10.4 Å². The number of hydrogen-bond acceptors (Lipinski definition) is 7. The number of nitrogens with one attached hydrogen (secondary N) is 1. The summed E-state index contributed by atoms with van der Waals surface area (Å²) in [6, 6.07) is 3.70. The van der Waals surface area contributed by atoms with Crippen molar-refractivity contribution in [3.8, 4) is 10.4 Å². The predicted molar refractivity (Wildman–Crippen MR) is 132 cm³/mol. The van der Waals surface area contributed by atoms with Gasteiger partial charge in [-0.25, -0.2) is 8.78 Å². The predicted octanol–water partition coefficient (Wildman–Crippen LogP) is 4.76. The molecule has 1 aliphatic rings. The van der Waals surface area contributed by atoms with E-state index in [1.807, 2.05) is 13.0 Å². The standard InChI is InChI=1S/C25H27F2N5O2S/c1-14-8-17(5-4-15(14)13-32-29-6-7-30-32)31-24-18(21(33)12-28)11-22(35-24)23-19(26)9-16(10-20(23)27)25(2,3)34/h6-11,31,34H,4-5,12-13,28H2,1-3H3. The number of rotatable bonds is 8. The van der Waals surface area contributed by atoms with E-state index in [0.29, 0.717) is 18.0 Å². The molecule has 0 saturated carbocycles. The van der Waals surface area contributed by atoms with Gasteiger partial charge in [0.05, 0.1) is 42.2 Å². The number of allylic oxidation sites excluding steroid dienone is 4. The van der Waals surface area contributed by atoms with Crippen LogP contribution in [-0.4, -0.2) is 32.4 Å². The third-order valence-corrected chi connectivity index (χ3v) is 7.00. The number of thiophene rings is 1. The average molecular weight is 500 g/mol. The maximum atomic E-state index is 15.0. The van der Waals surface area contributed by atoms with Crippen molar-refractivity contribution in [3.63, 3.8) is 0 Å². The Morgan fingerprint density at radius 1 is 1.20 bits per heavy atom. The molecule has 0 unspecified atom stereocenters. The highest BCUT2D eigenvalue weighted by Gasteiger charge is 2.25. The zero-order chi connectivity index (χ0) is 25.3. The second kappa shape index (κ2) is 9.80. The van der Waals surface area contributed by atoms with Gasteiger partial charge in [-0.15, -0.1) is 11.3 Å². The number of hydrogen-bond donors (Lipinski definition) is 3. The molecular formula is C25H27F2N5O2S. The first-order valence-electron chi connectivity index (χ1n) is 11.2. The summed E-state index contributed by atoms with van der Waals surface area (Å²) in [5.74, 6) is -1.96. The minimum atomic E-state index is -1.39. The van der Waals surface area contributed by atoms with Crippen LogP contribution in [0.5, 0.6) is 0 Å². The molecule has 0 atom stereocenters. The molecule has 0 fully saturated rings. The Morgan fingerprint density at radius 2 is 1.86 bits per heavy atom. The SMILES string of the molecule is CC1=C(Cn2nccn2)CCC(Nc2sc(-c3c(F)cc(C(C)(C)O)cc3F)cc2C(=O)CN)=C1. The number of benzene rings is 1. The van der Waals surface area contributed by atoms with Gasteiger partial charge in [0, 0.05) is 10.6 Å². The monoisotopic (exact) mass is 499 g/mol. The number of aromatic nitrogens is 3. The van der Waals surface area contributed by atoms with Crippen molar-refractivity contribution in [2.75, 3.05) is 11.9 Å². The summed E-state index contributed by atoms with van der Waals surface area (Å²) in [5.41, 5.74) is 7.53. The van der Waals surface area contributed by atoms with Gasteiger partial charge < -0.3 is 16.2 Å². The van der Waals surface area contributed by atoms with Gasteiger partial charge in [-0.1, -0.05) is 0 Å². The van der Waals surface area contributed by atoms with Crippen LogP contribution in [0, 0.1) is 11.6 Å². The van der Waals surface area contributed by atoms with E-state index in [4.69, 9.17) is 5.73 Å². The van der Waals surface area contributed by atoms with Crippen molar-refractivity contribution < 1.29 is 18.7 Å². The summed E-state index contributed by atoms with van der Waals surface area (Å²) < 4.78 is 29.9. The lowest BCUT2D eigenvalue weighted by atomic mass is 9.96. The van der Waals surface area contributed by atoms with Crippen LogP contribution in [0.1, 0.15) is 49.5 Å². The Bertz CT molecular complexity index is 1300.